The summed E-state index contributed by atoms with van der Waals surface area (Å²) < 4.78 is 35.2. The fourth-order valence-corrected chi connectivity index (χ4v) is 6.77. The second-order valence-electron chi connectivity index (χ2n) is 9.81. The first kappa shape index (κ1) is 29.6. The fourth-order valence-electron chi connectivity index (χ4n) is 4.88. The number of hydrogen-bond donors (Lipinski definition) is 1. The van der Waals surface area contributed by atoms with Crippen LogP contribution in [0.5, 0.6) is 5.75 Å². The first-order valence-electron chi connectivity index (χ1n) is 13.3. The van der Waals surface area contributed by atoms with Crippen molar-refractivity contribution in [1.82, 2.24) is 10.2 Å². The number of methoxy groups -OCH3 is 1. The van der Waals surface area contributed by atoms with Crippen LogP contribution in [0.25, 0.3) is 0 Å². The largest absolute Gasteiger partial charge is 0.495 e. The van der Waals surface area contributed by atoms with E-state index in [9.17, 15) is 18.0 Å². The summed E-state index contributed by atoms with van der Waals surface area (Å²) in [6.45, 7) is 1.29. The van der Waals surface area contributed by atoms with Gasteiger partial charge in [-0.1, -0.05) is 71.2 Å². The van der Waals surface area contributed by atoms with Gasteiger partial charge in [0.25, 0.3) is 10.0 Å². The summed E-state index contributed by atoms with van der Waals surface area (Å²) in [4.78, 5) is 28.9. The summed E-state index contributed by atoms with van der Waals surface area (Å²) in [5, 5.41) is 3.08. The van der Waals surface area contributed by atoms with Crippen LogP contribution in [0.4, 0.5) is 5.69 Å². The lowest BCUT2D eigenvalue weighted by atomic mass is 10.1. The van der Waals surface area contributed by atoms with Crippen molar-refractivity contribution in [2.24, 2.45) is 0 Å². The maximum Gasteiger partial charge on any atom is 0.264 e. The summed E-state index contributed by atoms with van der Waals surface area (Å²) >= 11 is 3.47. The molecule has 1 aliphatic rings. The number of rotatable bonds is 11. The van der Waals surface area contributed by atoms with E-state index in [4.69, 9.17) is 4.74 Å². The minimum atomic E-state index is -4.16. The molecule has 4 rings (SSSR count). The first-order chi connectivity index (χ1) is 19.2. The Morgan fingerprint density at radius 2 is 1.68 bits per heavy atom. The number of amides is 2. The van der Waals surface area contributed by atoms with E-state index in [1.807, 2.05) is 24.3 Å². The summed E-state index contributed by atoms with van der Waals surface area (Å²) in [5.74, 6) is -0.468. The van der Waals surface area contributed by atoms with Crippen molar-refractivity contribution >= 4 is 43.5 Å². The maximum absolute atomic E-state index is 14.1. The molecule has 2 amide bonds. The summed E-state index contributed by atoms with van der Waals surface area (Å²) in [7, 11) is -2.71. The van der Waals surface area contributed by atoms with Crippen LogP contribution in [0, 0.1) is 0 Å². The second kappa shape index (κ2) is 13.3. The Morgan fingerprint density at radius 3 is 2.35 bits per heavy atom. The number of benzene rings is 3. The van der Waals surface area contributed by atoms with Gasteiger partial charge in [0.2, 0.25) is 11.8 Å². The first-order valence-corrected chi connectivity index (χ1v) is 15.5. The molecule has 0 aliphatic heterocycles. The van der Waals surface area contributed by atoms with Crippen molar-refractivity contribution in [2.45, 2.75) is 56.1 Å². The zero-order valence-electron chi connectivity index (χ0n) is 22.6. The van der Waals surface area contributed by atoms with Gasteiger partial charge in [0, 0.05) is 17.1 Å². The molecule has 0 aromatic heterocycles. The molecule has 1 N–H and O–H groups in total. The average molecular weight is 629 g/mol. The lowest BCUT2D eigenvalue weighted by Crippen LogP contribution is -2.52. The molecule has 8 nitrogen and oxygen atoms in total. The number of carbonyl (C=O) groups is 2. The third kappa shape index (κ3) is 7.03. The van der Waals surface area contributed by atoms with Gasteiger partial charge in [-0.15, -0.1) is 0 Å². The van der Waals surface area contributed by atoms with E-state index in [0.717, 1.165) is 40.0 Å². The predicted molar refractivity (Wildman–Crippen MR) is 159 cm³/mol. The van der Waals surface area contributed by atoms with E-state index in [2.05, 4.69) is 21.2 Å². The Balaban J connectivity index is 1.70. The highest BCUT2D eigenvalue weighted by Crippen LogP contribution is 2.32. The van der Waals surface area contributed by atoms with Crippen molar-refractivity contribution in [3.05, 3.63) is 88.9 Å². The number of anilines is 1. The van der Waals surface area contributed by atoms with E-state index < -0.39 is 28.5 Å². The van der Waals surface area contributed by atoms with Gasteiger partial charge in [-0.2, -0.15) is 0 Å². The standard InChI is InChI=1S/C30H34BrN3O5S/c1-22(30(36)32-25-13-6-7-14-25)33(20-23-11-10-12-24(31)19-23)29(35)21-34(27-17-8-9-18-28(27)39-2)40(37,38)26-15-4-3-5-16-26/h3-5,8-12,15-19,22,25H,6-7,13-14,20-21H2,1-2H3,(H,32,36)/t22-/m0/s1. The van der Waals surface area contributed by atoms with E-state index in [1.165, 1.54) is 24.1 Å². The molecule has 3 aromatic carbocycles. The molecule has 0 spiro atoms. The molecular formula is C30H34BrN3O5S. The van der Waals surface area contributed by atoms with Gasteiger partial charge in [-0.05, 0) is 61.7 Å². The number of sulfonamides is 1. The molecule has 10 heteroatoms. The molecular weight excluding hydrogens is 594 g/mol. The van der Waals surface area contributed by atoms with E-state index >= 15 is 0 Å². The Bertz CT molecular complexity index is 1430. The minimum absolute atomic E-state index is 0.0410. The van der Waals surface area contributed by atoms with Gasteiger partial charge < -0.3 is 15.0 Å². The average Bonchev–Trinajstić information content (AvgIpc) is 3.47. The number of ether oxygens (including phenoxy) is 1. The highest BCUT2D eigenvalue weighted by molar-refractivity contribution is 9.10. The van der Waals surface area contributed by atoms with Crippen LogP contribution in [0.1, 0.15) is 38.2 Å². The minimum Gasteiger partial charge on any atom is -0.495 e. The van der Waals surface area contributed by atoms with Crippen LogP contribution in [-0.2, 0) is 26.2 Å². The molecule has 212 valence electrons. The predicted octanol–water partition coefficient (Wildman–Crippen LogP) is 5.13. The molecule has 1 atom stereocenters. The topological polar surface area (TPSA) is 96.0 Å². The number of nitrogens with zero attached hydrogens (tertiary/aromatic N) is 2. The van der Waals surface area contributed by atoms with Crippen LogP contribution in [-0.4, -0.2) is 50.9 Å². The van der Waals surface area contributed by atoms with Gasteiger partial charge in [0.1, 0.15) is 18.3 Å². The van der Waals surface area contributed by atoms with Gasteiger partial charge in [0.05, 0.1) is 17.7 Å². The highest BCUT2D eigenvalue weighted by atomic mass is 79.9. The van der Waals surface area contributed by atoms with Crippen molar-refractivity contribution < 1.29 is 22.7 Å². The van der Waals surface area contributed by atoms with Gasteiger partial charge in [0.15, 0.2) is 0 Å². The van der Waals surface area contributed by atoms with Crippen molar-refractivity contribution in [2.75, 3.05) is 18.0 Å². The summed E-state index contributed by atoms with van der Waals surface area (Å²) in [6.07, 6.45) is 3.94. The Hall–Kier alpha value is -3.37. The second-order valence-corrected chi connectivity index (χ2v) is 12.6. The SMILES string of the molecule is COc1ccccc1N(CC(=O)N(Cc1cccc(Br)c1)[C@@H](C)C(=O)NC1CCCC1)S(=O)(=O)c1ccccc1. The van der Waals surface area contributed by atoms with Gasteiger partial charge in [-0.3, -0.25) is 13.9 Å². The van der Waals surface area contributed by atoms with Crippen molar-refractivity contribution in [3.8, 4) is 5.75 Å². The number of hydrogen-bond acceptors (Lipinski definition) is 5. The normalized spacial score (nSPS) is 14.4. The molecule has 0 saturated heterocycles. The Labute approximate surface area is 244 Å². The van der Waals surface area contributed by atoms with Gasteiger partial charge >= 0.3 is 0 Å². The summed E-state index contributed by atoms with van der Waals surface area (Å²) in [5.41, 5.74) is 1.03. The van der Waals surface area contributed by atoms with Crippen LogP contribution in [0.2, 0.25) is 0 Å². The molecule has 0 unspecified atom stereocenters. The molecule has 0 heterocycles. The third-order valence-electron chi connectivity index (χ3n) is 7.07. The zero-order chi connectivity index (χ0) is 28.7. The zero-order valence-corrected chi connectivity index (χ0v) is 25.0. The van der Waals surface area contributed by atoms with Crippen molar-refractivity contribution in [1.29, 1.82) is 0 Å². The molecule has 3 aromatic rings. The number of para-hydroxylation sites is 2. The van der Waals surface area contributed by atoms with Crippen LogP contribution < -0.4 is 14.4 Å². The third-order valence-corrected chi connectivity index (χ3v) is 9.34. The molecule has 1 saturated carbocycles. The fraction of sp³-hybridized carbons (Fsp3) is 0.333. The lowest BCUT2D eigenvalue weighted by molar-refractivity contribution is -0.139. The smallest absolute Gasteiger partial charge is 0.264 e. The maximum atomic E-state index is 14.1. The number of halogens is 1. The molecule has 40 heavy (non-hydrogen) atoms. The lowest BCUT2D eigenvalue weighted by Gasteiger charge is -2.32. The number of nitrogens with one attached hydrogen (secondary N) is 1. The van der Waals surface area contributed by atoms with E-state index in [1.54, 1.807) is 49.4 Å². The Kier molecular flexibility index (Phi) is 9.86. The van der Waals surface area contributed by atoms with Crippen LogP contribution >= 0.6 is 15.9 Å². The van der Waals surface area contributed by atoms with E-state index in [-0.39, 0.29) is 29.1 Å². The highest BCUT2D eigenvalue weighted by Gasteiger charge is 2.34. The molecule has 1 aliphatic carbocycles. The Morgan fingerprint density at radius 1 is 1.00 bits per heavy atom. The molecule has 0 radical (unpaired) electrons. The van der Waals surface area contributed by atoms with Crippen LogP contribution in [0.3, 0.4) is 0 Å². The van der Waals surface area contributed by atoms with Crippen molar-refractivity contribution in [3.63, 3.8) is 0 Å². The van der Waals surface area contributed by atoms with Crippen LogP contribution in [0.15, 0.2) is 88.2 Å². The van der Waals surface area contributed by atoms with Gasteiger partial charge in [-0.25, -0.2) is 8.42 Å². The quantitative estimate of drug-likeness (QED) is 0.318. The van der Waals surface area contributed by atoms with E-state index in [0.29, 0.717) is 5.75 Å². The molecule has 1 fully saturated rings. The number of carbonyl (C=O) groups excluding carboxylic acids is 2. The summed E-state index contributed by atoms with van der Waals surface area (Å²) in [6, 6.07) is 21.3. The monoisotopic (exact) mass is 627 g/mol. The molecule has 0 bridgehead atoms.